The van der Waals surface area contributed by atoms with Crippen molar-refractivity contribution in [3.8, 4) is 6.07 Å². The third-order valence-corrected chi connectivity index (χ3v) is 4.07. The van der Waals surface area contributed by atoms with Crippen LogP contribution in [0, 0.1) is 11.3 Å². The van der Waals surface area contributed by atoms with Crippen molar-refractivity contribution in [2.24, 2.45) is 0 Å². The maximum absolute atomic E-state index is 12.5. The number of hydrogen-bond donors (Lipinski definition) is 2. The van der Waals surface area contributed by atoms with Crippen LogP contribution in [0.1, 0.15) is 15.9 Å². The van der Waals surface area contributed by atoms with E-state index in [1.54, 1.807) is 54.6 Å². The largest absolute Gasteiger partial charge is 0.339 e. The monoisotopic (exact) mass is 382 g/mol. The third kappa shape index (κ3) is 4.12. The molecule has 0 unspecified atom stereocenters. The zero-order valence-electron chi connectivity index (χ0n) is 13.3. The summed E-state index contributed by atoms with van der Waals surface area (Å²) in [6, 6.07) is 17.0. The average molecular weight is 383 g/mol. The molecule has 0 spiro atoms. The van der Waals surface area contributed by atoms with E-state index in [0.717, 1.165) is 0 Å². The molecule has 0 radical (unpaired) electrons. The number of carbonyl (C=O) groups is 1. The molecule has 0 atom stereocenters. The second-order valence-corrected chi connectivity index (χ2v) is 6.13. The summed E-state index contributed by atoms with van der Waals surface area (Å²) in [7, 11) is 0. The van der Waals surface area contributed by atoms with Gasteiger partial charge in [-0.3, -0.25) is 4.79 Å². The van der Waals surface area contributed by atoms with Gasteiger partial charge < -0.3 is 10.6 Å². The summed E-state index contributed by atoms with van der Waals surface area (Å²) in [5.41, 5.74) is 1.80. The number of para-hydroxylation sites is 1. The summed E-state index contributed by atoms with van der Waals surface area (Å²) in [4.78, 5) is 16.7. The average Bonchev–Trinajstić information content (AvgIpc) is 2.65. The second-order valence-electron chi connectivity index (χ2n) is 5.29. The molecule has 26 heavy (non-hydrogen) atoms. The van der Waals surface area contributed by atoms with E-state index in [1.807, 2.05) is 6.07 Å². The van der Waals surface area contributed by atoms with Crippen molar-refractivity contribution < 1.29 is 4.79 Å². The lowest BCUT2D eigenvalue weighted by molar-refractivity contribution is 0.102. The molecule has 0 aliphatic carbocycles. The maximum Gasteiger partial charge on any atom is 0.255 e. The minimum Gasteiger partial charge on any atom is -0.339 e. The van der Waals surface area contributed by atoms with Gasteiger partial charge in [-0.25, -0.2) is 4.98 Å². The van der Waals surface area contributed by atoms with Crippen molar-refractivity contribution in [2.45, 2.75) is 0 Å². The highest BCUT2D eigenvalue weighted by molar-refractivity contribution is 6.35. The first-order valence-corrected chi connectivity index (χ1v) is 8.31. The topological polar surface area (TPSA) is 77.8 Å². The van der Waals surface area contributed by atoms with E-state index >= 15 is 0 Å². The van der Waals surface area contributed by atoms with Crippen LogP contribution >= 0.6 is 23.2 Å². The summed E-state index contributed by atoms with van der Waals surface area (Å²) >= 11 is 12.1. The summed E-state index contributed by atoms with van der Waals surface area (Å²) in [5.74, 6) is 0.0886. The molecule has 1 heterocycles. The van der Waals surface area contributed by atoms with Crippen LogP contribution in [0.5, 0.6) is 0 Å². The molecule has 3 aromatic rings. The van der Waals surface area contributed by atoms with E-state index in [9.17, 15) is 4.79 Å². The standard InChI is InChI=1S/C19H12Cl2N4O/c20-14-5-6-15(21)17(10-14)24-18-9-12(7-8-23-18)19(26)25-16-4-2-1-3-13(16)11-22/h1-10H,(H,23,24)(H,25,26). The molecular weight excluding hydrogens is 371 g/mol. The first-order chi connectivity index (χ1) is 12.6. The highest BCUT2D eigenvalue weighted by Gasteiger charge is 2.11. The van der Waals surface area contributed by atoms with Crippen LogP contribution in [-0.4, -0.2) is 10.9 Å². The van der Waals surface area contributed by atoms with Crippen LogP contribution in [0.2, 0.25) is 10.0 Å². The number of benzene rings is 2. The molecule has 0 aliphatic heterocycles. The van der Waals surface area contributed by atoms with Crippen LogP contribution in [0.25, 0.3) is 0 Å². The summed E-state index contributed by atoms with van der Waals surface area (Å²) < 4.78 is 0. The quantitative estimate of drug-likeness (QED) is 0.645. The van der Waals surface area contributed by atoms with Gasteiger partial charge in [0.2, 0.25) is 0 Å². The summed E-state index contributed by atoms with van der Waals surface area (Å²) in [6.07, 6.45) is 1.51. The Morgan fingerprint density at radius 3 is 2.65 bits per heavy atom. The molecule has 0 fully saturated rings. The van der Waals surface area contributed by atoms with Gasteiger partial charge >= 0.3 is 0 Å². The van der Waals surface area contributed by atoms with E-state index in [1.165, 1.54) is 6.20 Å². The van der Waals surface area contributed by atoms with Crippen molar-refractivity contribution >= 4 is 46.3 Å². The number of aromatic nitrogens is 1. The first kappa shape index (κ1) is 17.7. The second kappa shape index (κ2) is 7.87. The highest BCUT2D eigenvalue weighted by atomic mass is 35.5. The molecule has 0 saturated carbocycles. The Kier molecular flexibility index (Phi) is 5.37. The minimum absolute atomic E-state index is 0.352. The van der Waals surface area contributed by atoms with Gasteiger partial charge in [-0.15, -0.1) is 0 Å². The Morgan fingerprint density at radius 1 is 1.04 bits per heavy atom. The number of carbonyl (C=O) groups excluding carboxylic acids is 1. The summed E-state index contributed by atoms with van der Waals surface area (Å²) in [5, 5.41) is 15.9. The van der Waals surface area contributed by atoms with Gasteiger partial charge in [-0.1, -0.05) is 35.3 Å². The molecule has 1 amide bonds. The fourth-order valence-corrected chi connectivity index (χ4v) is 2.59. The van der Waals surface area contributed by atoms with Crippen LogP contribution in [0.3, 0.4) is 0 Å². The zero-order chi connectivity index (χ0) is 18.5. The summed E-state index contributed by atoms with van der Waals surface area (Å²) in [6.45, 7) is 0. The molecule has 5 nitrogen and oxygen atoms in total. The lowest BCUT2D eigenvalue weighted by Gasteiger charge is -2.10. The van der Waals surface area contributed by atoms with Gasteiger partial charge in [0.15, 0.2) is 0 Å². The van der Waals surface area contributed by atoms with Crippen molar-refractivity contribution in [3.63, 3.8) is 0 Å². The SMILES string of the molecule is N#Cc1ccccc1NC(=O)c1ccnc(Nc2cc(Cl)ccc2Cl)c1. The zero-order valence-corrected chi connectivity index (χ0v) is 14.8. The lowest BCUT2D eigenvalue weighted by atomic mass is 10.1. The van der Waals surface area contributed by atoms with Gasteiger partial charge in [-0.05, 0) is 42.5 Å². The number of hydrogen-bond acceptors (Lipinski definition) is 4. The molecule has 0 saturated heterocycles. The smallest absolute Gasteiger partial charge is 0.255 e. The Morgan fingerprint density at radius 2 is 1.85 bits per heavy atom. The van der Waals surface area contributed by atoms with E-state index in [-0.39, 0.29) is 5.91 Å². The fourth-order valence-electron chi connectivity index (χ4n) is 2.26. The molecule has 0 aliphatic rings. The fraction of sp³-hybridized carbons (Fsp3) is 0. The van der Waals surface area contributed by atoms with Crippen molar-refractivity contribution in [1.82, 2.24) is 4.98 Å². The molecule has 1 aromatic heterocycles. The van der Waals surface area contributed by atoms with Crippen molar-refractivity contribution in [1.29, 1.82) is 5.26 Å². The van der Waals surface area contributed by atoms with Gasteiger partial charge in [0, 0.05) is 16.8 Å². The van der Waals surface area contributed by atoms with Crippen molar-refractivity contribution in [3.05, 3.63) is 82.0 Å². The maximum atomic E-state index is 12.5. The Hall–Kier alpha value is -3.07. The Balaban J connectivity index is 1.82. The molecular formula is C19H12Cl2N4O. The highest BCUT2D eigenvalue weighted by Crippen LogP contribution is 2.28. The number of anilines is 3. The normalized spacial score (nSPS) is 10.0. The molecule has 128 valence electrons. The van der Waals surface area contributed by atoms with Crippen LogP contribution < -0.4 is 10.6 Å². The molecule has 7 heteroatoms. The molecule has 0 bridgehead atoms. The number of halogens is 2. The number of amides is 1. The van der Waals surface area contributed by atoms with E-state index in [2.05, 4.69) is 15.6 Å². The van der Waals surface area contributed by atoms with Crippen LogP contribution in [-0.2, 0) is 0 Å². The predicted octanol–water partition coefficient (Wildman–Crippen LogP) is 5.26. The lowest BCUT2D eigenvalue weighted by Crippen LogP contribution is -2.13. The van der Waals surface area contributed by atoms with Gasteiger partial charge in [0.25, 0.3) is 5.91 Å². The number of rotatable bonds is 4. The number of nitriles is 1. The molecule has 3 rings (SSSR count). The minimum atomic E-state index is -0.352. The van der Waals surface area contributed by atoms with Crippen molar-refractivity contribution in [2.75, 3.05) is 10.6 Å². The first-order valence-electron chi connectivity index (χ1n) is 7.55. The molecule has 2 N–H and O–H groups in total. The van der Waals surface area contributed by atoms with E-state index in [4.69, 9.17) is 28.5 Å². The third-order valence-electron chi connectivity index (χ3n) is 3.51. The Bertz CT molecular complexity index is 1010. The number of nitrogens with zero attached hydrogens (tertiary/aromatic N) is 2. The van der Waals surface area contributed by atoms with E-state index < -0.39 is 0 Å². The predicted molar refractivity (Wildman–Crippen MR) is 103 cm³/mol. The number of nitrogens with one attached hydrogen (secondary N) is 2. The number of pyridine rings is 1. The van der Waals surface area contributed by atoms with Crippen LogP contribution in [0.4, 0.5) is 17.2 Å². The van der Waals surface area contributed by atoms with Gasteiger partial charge in [0.05, 0.1) is 22.0 Å². The van der Waals surface area contributed by atoms with Gasteiger partial charge in [-0.2, -0.15) is 5.26 Å². The van der Waals surface area contributed by atoms with E-state index in [0.29, 0.717) is 38.4 Å². The molecule has 2 aromatic carbocycles. The Labute approximate surface area is 160 Å². The van der Waals surface area contributed by atoms with Crippen LogP contribution in [0.15, 0.2) is 60.8 Å². The van der Waals surface area contributed by atoms with Gasteiger partial charge in [0.1, 0.15) is 11.9 Å².